The summed E-state index contributed by atoms with van der Waals surface area (Å²) in [5.41, 5.74) is 1.83. The Morgan fingerprint density at radius 3 is 2.50 bits per heavy atom. The second-order valence-corrected chi connectivity index (χ2v) is 8.74. The average Bonchev–Trinajstić information content (AvgIpc) is 3.15. The van der Waals surface area contributed by atoms with Gasteiger partial charge in [-0.05, 0) is 32.4 Å². The molecular weight excluding hydrogens is 402 g/mol. The second kappa shape index (κ2) is 8.65. The first-order valence-electron chi connectivity index (χ1n) is 10.2. The van der Waals surface area contributed by atoms with E-state index in [-0.39, 0.29) is 18.1 Å². The molecule has 0 aliphatic carbocycles. The summed E-state index contributed by atoms with van der Waals surface area (Å²) < 4.78 is 13.8. The normalized spacial score (nSPS) is 15.1. The van der Waals surface area contributed by atoms with Gasteiger partial charge >= 0.3 is 0 Å². The van der Waals surface area contributed by atoms with E-state index in [2.05, 4.69) is 10.00 Å². The van der Waals surface area contributed by atoms with E-state index in [4.69, 9.17) is 0 Å². The third-order valence-corrected chi connectivity index (χ3v) is 6.50. The van der Waals surface area contributed by atoms with Crippen LogP contribution in [-0.4, -0.2) is 64.9 Å². The number of aromatic nitrogens is 2. The predicted molar refractivity (Wildman–Crippen MR) is 118 cm³/mol. The number of carbonyl (C=O) groups excluding carboxylic acids is 1. The molecule has 6 nitrogen and oxygen atoms in total. The van der Waals surface area contributed by atoms with Crippen molar-refractivity contribution in [2.45, 2.75) is 20.3 Å². The zero-order chi connectivity index (χ0) is 21.3. The molecule has 0 saturated carbocycles. The van der Waals surface area contributed by atoms with Gasteiger partial charge in [-0.1, -0.05) is 17.7 Å². The number of nitrogens with zero attached hydrogens (tertiary/aromatic N) is 4. The second-order valence-electron chi connectivity index (χ2n) is 7.66. The summed E-state index contributed by atoms with van der Waals surface area (Å²) in [6.07, 6.45) is 0.520. The number of halogens is 1. The van der Waals surface area contributed by atoms with Gasteiger partial charge in [0.1, 0.15) is 0 Å². The van der Waals surface area contributed by atoms with Crippen molar-refractivity contribution in [3.05, 3.63) is 56.1 Å². The van der Waals surface area contributed by atoms with Crippen LogP contribution in [0.4, 0.5) is 4.39 Å². The zero-order valence-corrected chi connectivity index (χ0v) is 18.0. The molecule has 0 radical (unpaired) electrons. The van der Waals surface area contributed by atoms with Crippen LogP contribution in [-0.2, 0) is 0 Å². The monoisotopic (exact) mass is 427 g/mol. The fraction of sp³-hybridized carbons (Fsp3) is 0.409. The lowest BCUT2D eigenvalue weighted by atomic mass is 10.1. The van der Waals surface area contributed by atoms with Gasteiger partial charge in [-0.3, -0.25) is 18.9 Å². The minimum absolute atomic E-state index is 0.163. The molecule has 3 heterocycles. The summed E-state index contributed by atoms with van der Waals surface area (Å²) in [6, 6.07) is 7.53. The van der Waals surface area contributed by atoms with Crippen molar-refractivity contribution in [3.63, 3.8) is 0 Å². The van der Waals surface area contributed by atoms with Crippen LogP contribution in [0, 0.1) is 13.8 Å². The number of amides is 1. The Kier molecular flexibility index (Phi) is 5.97. The molecule has 3 aromatic rings. The molecule has 0 spiro atoms. The highest BCUT2D eigenvalue weighted by Gasteiger charge is 2.27. The van der Waals surface area contributed by atoms with E-state index >= 15 is 0 Å². The Morgan fingerprint density at radius 2 is 1.83 bits per heavy atom. The van der Waals surface area contributed by atoms with Gasteiger partial charge in [0.15, 0.2) is 5.69 Å². The Hall–Kier alpha value is -2.58. The number of carbonyl (C=O) groups is 1. The first-order valence-corrected chi connectivity index (χ1v) is 11.0. The SMILES string of the molecule is Cc1ccc(-n2nc(C(=O)N3CCN(CCC[18F])CC3)c3csc(C)c3c2=O)cc1. The number of piperazine rings is 1. The summed E-state index contributed by atoms with van der Waals surface area (Å²) in [5, 5.41) is 7.54. The molecule has 0 N–H and O–H groups in total. The molecule has 2 aromatic heterocycles. The van der Waals surface area contributed by atoms with Crippen molar-refractivity contribution >= 4 is 28.0 Å². The van der Waals surface area contributed by atoms with Gasteiger partial charge in [-0.15, -0.1) is 11.3 Å². The summed E-state index contributed by atoms with van der Waals surface area (Å²) in [5.74, 6) is -0.163. The first kappa shape index (κ1) is 20.7. The van der Waals surface area contributed by atoms with Crippen molar-refractivity contribution in [1.29, 1.82) is 0 Å². The molecule has 1 aliphatic rings. The van der Waals surface area contributed by atoms with Crippen LogP contribution in [0.25, 0.3) is 16.5 Å². The highest BCUT2D eigenvalue weighted by molar-refractivity contribution is 7.11. The molecule has 1 saturated heterocycles. The van der Waals surface area contributed by atoms with E-state index in [9.17, 15) is 14.0 Å². The summed E-state index contributed by atoms with van der Waals surface area (Å²) in [7, 11) is 0. The summed E-state index contributed by atoms with van der Waals surface area (Å²) in [6.45, 7) is 6.84. The van der Waals surface area contributed by atoms with Crippen LogP contribution < -0.4 is 5.56 Å². The minimum atomic E-state index is -0.320. The third-order valence-electron chi connectivity index (χ3n) is 5.58. The van der Waals surface area contributed by atoms with Gasteiger partial charge in [0.25, 0.3) is 11.5 Å². The molecule has 4 rings (SSSR count). The third kappa shape index (κ3) is 3.89. The van der Waals surface area contributed by atoms with Crippen molar-refractivity contribution in [2.24, 2.45) is 0 Å². The number of benzene rings is 1. The van der Waals surface area contributed by atoms with E-state index in [0.717, 1.165) is 23.5 Å². The number of aryl methyl sites for hydroxylation is 2. The molecular formula is C22H25FN4O2S. The lowest BCUT2D eigenvalue weighted by Gasteiger charge is -2.34. The van der Waals surface area contributed by atoms with Crippen LogP contribution in [0.15, 0.2) is 34.4 Å². The average molecular weight is 428 g/mol. The molecule has 0 bridgehead atoms. The smallest absolute Gasteiger partial charge is 0.280 e. The van der Waals surface area contributed by atoms with Crippen LogP contribution in [0.1, 0.15) is 27.3 Å². The zero-order valence-electron chi connectivity index (χ0n) is 17.2. The molecule has 1 amide bonds. The Bertz CT molecular complexity index is 1110. The summed E-state index contributed by atoms with van der Waals surface area (Å²) >= 11 is 1.46. The molecule has 158 valence electrons. The summed E-state index contributed by atoms with van der Waals surface area (Å²) in [4.78, 5) is 31.3. The highest BCUT2D eigenvalue weighted by atomic mass is 32.1. The lowest BCUT2D eigenvalue weighted by molar-refractivity contribution is 0.0628. The molecule has 1 fully saturated rings. The van der Waals surface area contributed by atoms with Gasteiger partial charge in [0, 0.05) is 48.4 Å². The van der Waals surface area contributed by atoms with Gasteiger partial charge < -0.3 is 4.90 Å². The number of fused-ring (bicyclic) bond motifs is 1. The quantitative estimate of drug-likeness (QED) is 0.628. The lowest BCUT2D eigenvalue weighted by Crippen LogP contribution is -2.49. The molecule has 0 atom stereocenters. The largest absolute Gasteiger partial charge is 0.335 e. The van der Waals surface area contributed by atoms with Crippen LogP contribution in [0.3, 0.4) is 0 Å². The number of thiophene rings is 1. The van der Waals surface area contributed by atoms with E-state index in [1.54, 1.807) is 4.90 Å². The first-order chi connectivity index (χ1) is 14.5. The van der Waals surface area contributed by atoms with E-state index in [1.165, 1.54) is 16.0 Å². The minimum Gasteiger partial charge on any atom is -0.335 e. The van der Waals surface area contributed by atoms with Gasteiger partial charge in [0.05, 0.1) is 17.7 Å². The standard InChI is InChI=1S/C22H25FN4O2S/c1-15-4-6-17(7-5-15)27-21(28)19-16(2)30-14-18(19)20(24-27)22(29)26-12-10-25(11-13-26)9-3-8-23/h4-7,14H,3,8-13H2,1-2H3/i23-1. The number of alkyl halides is 1. The van der Waals surface area contributed by atoms with E-state index in [0.29, 0.717) is 48.2 Å². The molecule has 1 aliphatic heterocycles. The molecule has 1 aromatic carbocycles. The fourth-order valence-electron chi connectivity index (χ4n) is 3.83. The maximum Gasteiger partial charge on any atom is 0.280 e. The molecule has 30 heavy (non-hydrogen) atoms. The maximum atomic E-state index is 13.4. The number of hydrogen-bond donors (Lipinski definition) is 0. The van der Waals surface area contributed by atoms with E-state index < -0.39 is 0 Å². The van der Waals surface area contributed by atoms with Gasteiger partial charge in [0.2, 0.25) is 0 Å². The molecule has 0 unspecified atom stereocenters. The Labute approximate surface area is 178 Å². The Morgan fingerprint density at radius 1 is 1.13 bits per heavy atom. The highest BCUT2D eigenvalue weighted by Crippen LogP contribution is 2.26. The topological polar surface area (TPSA) is 58.4 Å². The number of rotatable bonds is 5. The Balaban J connectivity index is 1.70. The maximum absolute atomic E-state index is 13.4. The fourth-order valence-corrected chi connectivity index (χ4v) is 4.67. The predicted octanol–water partition coefficient (Wildman–Crippen LogP) is 3.18. The van der Waals surface area contributed by atoms with Gasteiger partial charge in [-0.2, -0.15) is 9.78 Å². The van der Waals surface area contributed by atoms with E-state index in [1.807, 2.05) is 43.5 Å². The van der Waals surface area contributed by atoms with Crippen LogP contribution in [0.2, 0.25) is 0 Å². The van der Waals surface area contributed by atoms with Crippen molar-refractivity contribution in [3.8, 4) is 5.69 Å². The number of hydrogen-bond acceptors (Lipinski definition) is 5. The van der Waals surface area contributed by atoms with Crippen molar-refractivity contribution in [1.82, 2.24) is 19.6 Å². The van der Waals surface area contributed by atoms with Crippen LogP contribution >= 0.6 is 11.3 Å². The van der Waals surface area contributed by atoms with Gasteiger partial charge in [-0.25, -0.2) is 0 Å². The van der Waals surface area contributed by atoms with Crippen molar-refractivity contribution in [2.75, 3.05) is 39.4 Å². The molecule has 8 heteroatoms. The van der Waals surface area contributed by atoms with Crippen LogP contribution in [0.5, 0.6) is 0 Å². The van der Waals surface area contributed by atoms with Crippen molar-refractivity contribution < 1.29 is 9.18 Å².